The van der Waals surface area contributed by atoms with Crippen molar-refractivity contribution >= 4 is 0 Å². The second-order valence-corrected chi connectivity index (χ2v) is 7.72. The average molecular weight is 250 g/mol. The van der Waals surface area contributed by atoms with Gasteiger partial charge in [0.1, 0.15) is 0 Å². The third-order valence-corrected chi connectivity index (χ3v) is 6.89. The lowest BCUT2D eigenvalue weighted by atomic mass is 9.60. The van der Waals surface area contributed by atoms with Gasteiger partial charge in [-0.25, -0.2) is 0 Å². The highest BCUT2D eigenvalue weighted by molar-refractivity contribution is 4.88. The monoisotopic (exact) mass is 250 g/mol. The van der Waals surface area contributed by atoms with Crippen LogP contribution in [-0.2, 0) is 0 Å². The van der Waals surface area contributed by atoms with Gasteiger partial charge in [-0.05, 0) is 54.3 Å². The minimum absolute atomic E-state index is 0.957. The lowest BCUT2D eigenvalue weighted by molar-refractivity contribution is 0.0430. The van der Waals surface area contributed by atoms with Crippen LogP contribution < -0.4 is 0 Å². The van der Waals surface area contributed by atoms with Crippen molar-refractivity contribution < 1.29 is 0 Å². The first-order chi connectivity index (χ1) is 8.52. The smallest absolute Gasteiger partial charge is 0.0357 e. The van der Waals surface area contributed by atoms with E-state index in [-0.39, 0.29) is 0 Å². The van der Waals surface area contributed by atoms with Gasteiger partial charge in [-0.3, -0.25) is 0 Å². The number of rotatable bonds is 2. The fourth-order valence-corrected chi connectivity index (χ4v) is 5.05. The molecule has 2 saturated carbocycles. The summed E-state index contributed by atoms with van der Waals surface area (Å²) in [5.41, 5.74) is 0. The molecule has 0 aromatic rings. The van der Waals surface area contributed by atoms with Gasteiger partial charge < -0.3 is 0 Å². The Labute approximate surface area is 115 Å². The van der Waals surface area contributed by atoms with Crippen molar-refractivity contribution in [3.8, 4) is 0 Å². The number of hydrogen-bond acceptors (Lipinski definition) is 0. The van der Waals surface area contributed by atoms with Gasteiger partial charge in [0.05, 0.1) is 0 Å². The summed E-state index contributed by atoms with van der Waals surface area (Å²) in [5, 5.41) is 0. The fraction of sp³-hybridized carbons (Fsp3) is 1.00. The highest BCUT2D eigenvalue weighted by Crippen LogP contribution is 2.47. The van der Waals surface area contributed by atoms with E-state index in [0.717, 1.165) is 41.4 Å². The van der Waals surface area contributed by atoms with Crippen molar-refractivity contribution in [2.75, 3.05) is 0 Å². The summed E-state index contributed by atoms with van der Waals surface area (Å²) in [6, 6.07) is 0. The van der Waals surface area contributed by atoms with Crippen LogP contribution >= 0.6 is 0 Å². The number of hydrogen-bond donors (Lipinski definition) is 0. The molecule has 6 unspecified atom stereocenters. The molecule has 0 nitrogen and oxygen atoms in total. The average Bonchev–Trinajstić information content (AvgIpc) is 2.35. The molecule has 0 bridgehead atoms. The molecule has 0 amide bonds. The van der Waals surface area contributed by atoms with Crippen molar-refractivity contribution in [1.82, 2.24) is 0 Å². The van der Waals surface area contributed by atoms with Crippen LogP contribution in [0.4, 0.5) is 0 Å². The van der Waals surface area contributed by atoms with Gasteiger partial charge in [0.2, 0.25) is 0 Å². The second kappa shape index (κ2) is 5.97. The van der Waals surface area contributed by atoms with E-state index < -0.39 is 0 Å². The quantitative estimate of drug-likeness (QED) is 0.584. The maximum absolute atomic E-state index is 2.58. The molecule has 0 heterocycles. The third kappa shape index (κ3) is 2.78. The highest BCUT2D eigenvalue weighted by atomic mass is 14.4. The third-order valence-electron chi connectivity index (χ3n) is 6.89. The normalized spacial score (nSPS) is 47.8. The van der Waals surface area contributed by atoms with E-state index in [2.05, 4.69) is 34.6 Å². The summed E-state index contributed by atoms with van der Waals surface area (Å²) in [7, 11) is 0. The van der Waals surface area contributed by atoms with Gasteiger partial charge in [-0.15, -0.1) is 0 Å². The molecule has 2 rings (SSSR count). The van der Waals surface area contributed by atoms with Crippen molar-refractivity contribution in [3.05, 3.63) is 0 Å². The van der Waals surface area contributed by atoms with Crippen LogP contribution in [0.3, 0.4) is 0 Å². The van der Waals surface area contributed by atoms with Gasteiger partial charge in [0, 0.05) is 0 Å². The van der Waals surface area contributed by atoms with Crippen LogP contribution in [-0.4, -0.2) is 0 Å². The lowest BCUT2D eigenvalue weighted by Gasteiger charge is -2.45. The van der Waals surface area contributed by atoms with E-state index in [1.54, 1.807) is 0 Å². The van der Waals surface area contributed by atoms with Crippen LogP contribution in [0.5, 0.6) is 0 Å². The van der Waals surface area contributed by atoms with Crippen molar-refractivity contribution in [2.24, 2.45) is 41.4 Å². The Morgan fingerprint density at radius 2 is 1.06 bits per heavy atom. The molecule has 0 N–H and O–H groups in total. The van der Waals surface area contributed by atoms with Crippen LogP contribution in [0.25, 0.3) is 0 Å². The summed E-state index contributed by atoms with van der Waals surface area (Å²) >= 11 is 0. The molecular weight excluding hydrogens is 216 g/mol. The van der Waals surface area contributed by atoms with E-state index in [1.165, 1.54) is 38.5 Å². The Hall–Kier alpha value is 0. The summed E-state index contributed by atoms with van der Waals surface area (Å²) < 4.78 is 0. The topological polar surface area (TPSA) is 0 Å². The highest BCUT2D eigenvalue weighted by Gasteiger charge is 2.38. The molecule has 106 valence electrons. The van der Waals surface area contributed by atoms with E-state index in [4.69, 9.17) is 0 Å². The largest absolute Gasteiger partial charge is 0.0622 e. The Morgan fingerprint density at radius 3 is 1.44 bits per heavy atom. The predicted molar refractivity (Wildman–Crippen MR) is 80.5 cm³/mol. The lowest BCUT2D eigenvalue weighted by Crippen LogP contribution is -2.37. The molecule has 0 aromatic heterocycles. The molecule has 0 heteroatoms. The molecule has 0 aromatic carbocycles. The minimum Gasteiger partial charge on any atom is -0.0622 e. The maximum atomic E-state index is 2.58. The Kier molecular flexibility index (Phi) is 4.78. The van der Waals surface area contributed by atoms with Gasteiger partial charge in [0.25, 0.3) is 0 Å². The van der Waals surface area contributed by atoms with Gasteiger partial charge >= 0.3 is 0 Å². The molecular formula is C18H34. The van der Waals surface area contributed by atoms with Gasteiger partial charge in [-0.2, -0.15) is 0 Å². The molecule has 18 heavy (non-hydrogen) atoms. The summed E-state index contributed by atoms with van der Waals surface area (Å²) in [5.74, 6) is 6.81. The predicted octanol–water partition coefficient (Wildman–Crippen LogP) is 5.77. The molecule has 2 aliphatic carbocycles. The molecule has 0 radical (unpaired) electrons. The first kappa shape index (κ1) is 14.4. The van der Waals surface area contributed by atoms with Crippen molar-refractivity contribution in [1.29, 1.82) is 0 Å². The Bertz CT molecular complexity index is 231. The molecule has 0 saturated heterocycles. The Balaban J connectivity index is 2.03. The zero-order valence-electron chi connectivity index (χ0n) is 13.3. The van der Waals surface area contributed by atoms with E-state index in [0.29, 0.717) is 0 Å². The standard InChI is InChI=1S/C18H34/c1-12-8-6-10-17(14(12)3)16(5)18-11-7-9-13(2)15(18)4/h12-18H,6-11H2,1-5H3. The molecule has 2 aliphatic rings. The first-order valence-electron chi connectivity index (χ1n) is 8.52. The molecule has 6 atom stereocenters. The van der Waals surface area contributed by atoms with Crippen molar-refractivity contribution in [3.63, 3.8) is 0 Å². The fourth-order valence-electron chi connectivity index (χ4n) is 5.05. The minimum atomic E-state index is 0.957. The summed E-state index contributed by atoms with van der Waals surface area (Å²) in [4.78, 5) is 0. The van der Waals surface area contributed by atoms with Gasteiger partial charge in [-0.1, -0.05) is 60.3 Å². The Morgan fingerprint density at radius 1 is 0.667 bits per heavy atom. The summed E-state index contributed by atoms with van der Waals surface area (Å²) in [6.07, 6.45) is 8.92. The zero-order valence-corrected chi connectivity index (χ0v) is 13.3. The van der Waals surface area contributed by atoms with Crippen LogP contribution in [0.15, 0.2) is 0 Å². The van der Waals surface area contributed by atoms with E-state index in [9.17, 15) is 0 Å². The first-order valence-corrected chi connectivity index (χ1v) is 8.52. The molecule has 0 aliphatic heterocycles. The SMILES string of the molecule is CC1CCCC(C(C)C2CCCC(C)C2C)C1C. The summed E-state index contributed by atoms with van der Waals surface area (Å²) in [6.45, 7) is 12.6. The van der Waals surface area contributed by atoms with Gasteiger partial charge in [0.15, 0.2) is 0 Å². The molecule has 2 fully saturated rings. The van der Waals surface area contributed by atoms with Crippen molar-refractivity contribution in [2.45, 2.75) is 73.1 Å². The maximum Gasteiger partial charge on any atom is -0.0357 e. The second-order valence-electron chi connectivity index (χ2n) is 7.72. The van der Waals surface area contributed by atoms with Crippen LogP contribution in [0, 0.1) is 41.4 Å². The zero-order chi connectivity index (χ0) is 13.3. The van der Waals surface area contributed by atoms with Crippen LogP contribution in [0.1, 0.15) is 73.1 Å². The van der Waals surface area contributed by atoms with E-state index in [1.807, 2.05) is 0 Å². The molecule has 0 spiro atoms. The van der Waals surface area contributed by atoms with Crippen LogP contribution in [0.2, 0.25) is 0 Å². The van der Waals surface area contributed by atoms with E-state index >= 15 is 0 Å².